The van der Waals surface area contributed by atoms with E-state index in [0.29, 0.717) is 32.2 Å². The van der Waals surface area contributed by atoms with E-state index in [0.717, 1.165) is 17.4 Å². The van der Waals surface area contributed by atoms with E-state index in [4.69, 9.17) is 9.47 Å². The standard InChI is InChI=1S/C20H29N3O4S.ClH/c1-4-26-15-19(27-20-7-5-6-12-22-20)14-21-13-17-8-10-18(11-9-17)16(2)23-28(3,24)25;/h5-12,16,19,21,23H,4,13-15H2,1-3H3;1H. The van der Waals surface area contributed by atoms with Gasteiger partial charge in [0.25, 0.3) is 0 Å². The Morgan fingerprint density at radius 1 is 1.14 bits per heavy atom. The van der Waals surface area contributed by atoms with Crippen molar-refractivity contribution in [2.24, 2.45) is 0 Å². The van der Waals surface area contributed by atoms with Gasteiger partial charge in [0.2, 0.25) is 15.9 Å². The zero-order valence-corrected chi connectivity index (χ0v) is 18.6. The first-order chi connectivity index (χ1) is 13.4. The Bertz CT molecular complexity index is 804. The molecule has 2 unspecified atom stereocenters. The summed E-state index contributed by atoms with van der Waals surface area (Å²) in [5.74, 6) is 0.575. The number of halogens is 1. The van der Waals surface area contributed by atoms with Gasteiger partial charge in [0.05, 0.1) is 12.9 Å². The molecule has 162 valence electrons. The summed E-state index contributed by atoms with van der Waals surface area (Å²) in [6.45, 7) is 6.16. The number of pyridine rings is 1. The Kier molecular flexibility index (Phi) is 11.2. The van der Waals surface area contributed by atoms with Crippen molar-refractivity contribution < 1.29 is 17.9 Å². The third kappa shape index (κ3) is 10.0. The maximum atomic E-state index is 11.3. The van der Waals surface area contributed by atoms with Crippen LogP contribution in [-0.4, -0.2) is 45.5 Å². The highest BCUT2D eigenvalue weighted by Gasteiger charge is 2.12. The van der Waals surface area contributed by atoms with Gasteiger partial charge in [0.1, 0.15) is 6.10 Å². The molecular weight excluding hydrogens is 414 g/mol. The van der Waals surface area contributed by atoms with Gasteiger partial charge in [-0.3, -0.25) is 0 Å². The van der Waals surface area contributed by atoms with E-state index >= 15 is 0 Å². The molecule has 0 spiro atoms. The summed E-state index contributed by atoms with van der Waals surface area (Å²) < 4.78 is 36.7. The molecule has 0 bridgehead atoms. The van der Waals surface area contributed by atoms with Gasteiger partial charge in [-0.1, -0.05) is 30.3 Å². The lowest BCUT2D eigenvalue weighted by molar-refractivity contribution is 0.0539. The Balaban J connectivity index is 0.00000420. The first-order valence-electron chi connectivity index (χ1n) is 9.29. The highest BCUT2D eigenvalue weighted by molar-refractivity contribution is 7.88. The lowest BCUT2D eigenvalue weighted by Gasteiger charge is -2.19. The maximum absolute atomic E-state index is 11.3. The maximum Gasteiger partial charge on any atom is 0.213 e. The minimum Gasteiger partial charge on any atom is -0.471 e. The molecule has 0 aliphatic carbocycles. The van der Waals surface area contributed by atoms with Crippen LogP contribution in [-0.2, 0) is 21.3 Å². The van der Waals surface area contributed by atoms with Gasteiger partial charge in [-0.25, -0.2) is 18.1 Å². The molecule has 1 heterocycles. The largest absolute Gasteiger partial charge is 0.471 e. The number of ether oxygens (including phenoxy) is 2. The molecule has 1 aromatic carbocycles. The summed E-state index contributed by atoms with van der Waals surface area (Å²) in [7, 11) is -3.23. The van der Waals surface area contributed by atoms with E-state index in [2.05, 4.69) is 15.0 Å². The molecule has 0 saturated heterocycles. The fraction of sp³-hybridized carbons (Fsp3) is 0.450. The summed E-state index contributed by atoms with van der Waals surface area (Å²) in [4.78, 5) is 4.19. The van der Waals surface area contributed by atoms with Gasteiger partial charge in [0.15, 0.2) is 0 Å². The molecule has 2 aromatic rings. The van der Waals surface area contributed by atoms with Gasteiger partial charge in [-0.2, -0.15) is 0 Å². The van der Waals surface area contributed by atoms with Crippen LogP contribution in [0.4, 0.5) is 0 Å². The average Bonchev–Trinajstić information content (AvgIpc) is 2.66. The van der Waals surface area contributed by atoms with E-state index < -0.39 is 10.0 Å². The van der Waals surface area contributed by atoms with Gasteiger partial charge in [0, 0.05) is 38.0 Å². The van der Waals surface area contributed by atoms with Crippen molar-refractivity contribution in [3.05, 3.63) is 59.8 Å². The Morgan fingerprint density at radius 3 is 2.45 bits per heavy atom. The van der Waals surface area contributed by atoms with E-state index in [-0.39, 0.29) is 24.6 Å². The van der Waals surface area contributed by atoms with Crippen molar-refractivity contribution in [2.45, 2.75) is 32.5 Å². The van der Waals surface area contributed by atoms with Crippen molar-refractivity contribution in [2.75, 3.05) is 26.0 Å². The Labute approximate surface area is 179 Å². The molecule has 1 aromatic heterocycles. The predicted molar refractivity (Wildman–Crippen MR) is 117 cm³/mol. The Morgan fingerprint density at radius 2 is 1.86 bits per heavy atom. The van der Waals surface area contributed by atoms with E-state index in [1.807, 2.05) is 56.3 Å². The van der Waals surface area contributed by atoms with Crippen molar-refractivity contribution >= 4 is 22.4 Å². The zero-order valence-electron chi connectivity index (χ0n) is 17.0. The summed E-state index contributed by atoms with van der Waals surface area (Å²) in [5, 5.41) is 3.37. The van der Waals surface area contributed by atoms with Crippen molar-refractivity contribution in [1.82, 2.24) is 15.0 Å². The van der Waals surface area contributed by atoms with E-state index in [1.165, 1.54) is 0 Å². The molecule has 7 nitrogen and oxygen atoms in total. The van der Waals surface area contributed by atoms with E-state index in [1.54, 1.807) is 6.20 Å². The normalized spacial score (nSPS) is 13.3. The number of aromatic nitrogens is 1. The average molecular weight is 444 g/mol. The fourth-order valence-corrected chi connectivity index (χ4v) is 3.44. The molecular formula is C20H30ClN3O4S. The van der Waals surface area contributed by atoms with Gasteiger partial charge in [-0.05, 0) is 31.0 Å². The first kappa shape index (κ1) is 25.3. The third-order valence-electron chi connectivity index (χ3n) is 4.00. The van der Waals surface area contributed by atoms with Crippen LogP contribution < -0.4 is 14.8 Å². The minimum absolute atomic E-state index is 0. The number of hydrogen-bond acceptors (Lipinski definition) is 6. The first-order valence-corrected chi connectivity index (χ1v) is 11.2. The number of nitrogens with zero attached hydrogens (tertiary/aromatic N) is 1. The molecule has 0 aliphatic heterocycles. The second kappa shape index (κ2) is 12.8. The molecule has 0 fully saturated rings. The zero-order chi connectivity index (χ0) is 20.4. The summed E-state index contributed by atoms with van der Waals surface area (Å²) in [5.41, 5.74) is 2.02. The molecule has 0 aliphatic rings. The summed E-state index contributed by atoms with van der Waals surface area (Å²) in [6.07, 6.45) is 2.71. The quantitative estimate of drug-likeness (QED) is 0.524. The van der Waals surface area contributed by atoms with Crippen LogP contribution in [0.2, 0.25) is 0 Å². The molecule has 9 heteroatoms. The minimum atomic E-state index is -3.23. The van der Waals surface area contributed by atoms with Crippen LogP contribution in [0.5, 0.6) is 5.88 Å². The highest BCUT2D eigenvalue weighted by Crippen LogP contribution is 2.14. The smallest absolute Gasteiger partial charge is 0.213 e. The van der Waals surface area contributed by atoms with Gasteiger partial charge in [-0.15, -0.1) is 12.4 Å². The van der Waals surface area contributed by atoms with Crippen LogP contribution >= 0.6 is 12.4 Å². The summed E-state index contributed by atoms with van der Waals surface area (Å²) in [6, 6.07) is 13.1. The molecule has 0 amide bonds. The molecule has 2 atom stereocenters. The van der Waals surface area contributed by atoms with Crippen LogP contribution in [0.1, 0.15) is 31.0 Å². The number of hydrogen-bond donors (Lipinski definition) is 2. The van der Waals surface area contributed by atoms with Gasteiger partial charge >= 0.3 is 0 Å². The van der Waals surface area contributed by atoms with Crippen LogP contribution in [0.3, 0.4) is 0 Å². The summed E-state index contributed by atoms with van der Waals surface area (Å²) >= 11 is 0. The Hall–Kier alpha value is -1.71. The number of sulfonamides is 1. The molecule has 2 rings (SSSR count). The van der Waals surface area contributed by atoms with Crippen molar-refractivity contribution in [3.8, 4) is 5.88 Å². The van der Waals surface area contributed by atoms with E-state index in [9.17, 15) is 8.42 Å². The number of nitrogens with one attached hydrogen (secondary N) is 2. The monoisotopic (exact) mass is 443 g/mol. The number of rotatable bonds is 12. The SMILES string of the molecule is CCOCC(CNCc1ccc(C(C)NS(C)(=O)=O)cc1)Oc1ccccn1.Cl. The van der Waals surface area contributed by atoms with Crippen LogP contribution in [0.25, 0.3) is 0 Å². The molecule has 0 radical (unpaired) electrons. The number of benzene rings is 1. The topological polar surface area (TPSA) is 89.6 Å². The lowest BCUT2D eigenvalue weighted by Crippen LogP contribution is -2.35. The second-order valence-electron chi connectivity index (χ2n) is 6.55. The third-order valence-corrected chi connectivity index (χ3v) is 4.79. The lowest BCUT2D eigenvalue weighted by atomic mass is 10.1. The van der Waals surface area contributed by atoms with Gasteiger partial charge < -0.3 is 14.8 Å². The molecule has 2 N–H and O–H groups in total. The van der Waals surface area contributed by atoms with Crippen molar-refractivity contribution in [3.63, 3.8) is 0 Å². The predicted octanol–water partition coefficient (Wildman–Crippen LogP) is 2.69. The highest BCUT2D eigenvalue weighted by atomic mass is 35.5. The van der Waals surface area contributed by atoms with Crippen LogP contribution in [0, 0.1) is 0 Å². The second-order valence-corrected chi connectivity index (χ2v) is 8.33. The fourth-order valence-electron chi connectivity index (χ4n) is 2.66. The molecule has 0 saturated carbocycles. The van der Waals surface area contributed by atoms with Crippen molar-refractivity contribution in [1.29, 1.82) is 0 Å². The molecule has 29 heavy (non-hydrogen) atoms. The van der Waals surface area contributed by atoms with Crippen LogP contribution in [0.15, 0.2) is 48.7 Å².